The fraction of sp³-hybridized carbons (Fsp3) is 0.938. The number of piperidine rings is 1. The van der Waals surface area contributed by atoms with E-state index in [9.17, 15) is 4.79 Å². The van der Waals surface area contributed by atoms with Crippen molar-refractivity contribution in [1.82, 2.24) is 10.6 Å². The summed E-state index contributed by atoms with van der Waals surface area (Å²) in [5.41, 5.74) is 0.316. The number of carbonyl (C=O) groups is 1. The molecule has 0 aromatic carbocycles. The van der Waals surface area contributed by atoms with E-state index in [4.69, 9.17) is 0 Å². The Hall–Kier alpha value is -0.570. The summed E-state index contributed by atoms with van der Waals surface area (Å²) in [5.74, 6) is 0.332. The van der Waals surface area contributed by atoms with Crippen molar-refractivity contribution in [2.45, 2.75) is 71.8 Å². The lowest BCUT2D eigenvalue weighted by Crippen LogP contribution is -2.50. The Bertz CT molecular complexity index is 313. The van der Waals surface area contributed by atoms with Crippen LogP contribution in [0, 0.1) is 10.8 Å². The summed E-state index contributed by atoms with van der Waals surface area (Å²) in [6, 6.07) is 0.408. The lowest BCUT2D eigenvalue weighted by molar-refractivity contribution is -0.134. The number of carbonyl (C=O) groups excluding carboxylic acids is 1. The van der Waals surface area contributed by atoms with Gasteiger partial charge in [-0.1, -0.05) is 27.2 Å². The predicted octanol–water partition coefficient (Wildman–Crippen LogP) is 2.85. The first-order valence-corrected chi connectivity index (χ1v) is 7.99. The van der Waals surface area contributed by atoms with Gasteiger partial charge in [0.05, 0.1) is 5.41 Å². The molecule has 1 aliphatic heterocycles. The zero-order chi connectivity index (χ0) is 13.9. The van der Waals surface area contributed by atoms with Gasteiger partial charge in [-0.05, 0) is 57.0 Å². The molecule has 19 heavy (non-hydrogen) atoms. The first kappa shape index (κ1) is 14.8. The van der Waals surface area contributed by atoms with Crippen LogP contribution in [0.25, 0.3) is 0 Å². The molecule has 2 aliphatic rings. The van der Waals surface area contributed by atoms with E-state index in [1.54, 1.807) is 0 Å². The molecule has 1 unspecified atom stereocenters. The molecule has 1 aliphatic carbocycles. The predicted molar refractivity (Wildman–Crippen MR) is 79.0 cm³/mol. The summed E-state index contributed by atoms with van der Waals surface area (Å²) in [6.45, 7) is 8.79. The SMILES string of the molecule is CCCC1(C(=O)NC2CCC(C)(C)C2)CCNCC1. The van der Waals surface area contributed by atoms with Gasteiger partial charge in [0, 0.05) is 6.04 Å². The second-order valence-corrected chi connectivity index (χ2v) is 7.36. The lowest BCUT2D eigenvalue weighted by Gasteiger charge is -2.37. The highest BCUT2D eigenvalue weighted by molar-refractivity contribution is 5.83. The van der Waals surface area contributed by atoms with Crippen molar-refractivity contribution < 1.29 is 4.79 Å². The molecular weight excluding hydrogens is 236 g/mol. The van der Waals surface area contributed by atoms with Crippen LogP contribution in [0.2, 0.25) is 0 Å². The highest BCUT2D eigenvalue weighted by Crippen LogP contribution is 2.39. The van der Waals surface area contributed by atoms with Crippen LogP contribution in [-0.4, -0.2) is 25.0 Å². The molecule has 0 aromatic rings. The molecular formula is C16H30N2O. The Morgan fingerprint density at radius 3 is 2.47 bits per heavy atom. The number of nitrogens with one attached hydrogen (secondary N) is 2. The van der Waals surface area contributed by atoms with Gasteiger partial charge in [-0.3, -0.25) is 4.79 Å². The third-order valence-electron chi connectivity index (χ3n) is 5.07. The summed E-state index contributed by atoms with van der Waals surface area (Å²) >= 11 is 0. The quantitative estimate of drug-likeness (QED) is 0.821. The highest BCUT2D eigenvalue weighted by Gasteiger charge is 2.41. The fourth-order valence-corrected chi connectivity index (χ4v) is 3.87. The molecule has 0 aromatic heterocycles. The van der Waals surface area contributed by atoms with Gasteiger partial charge in [-0.15, -0.1) is 0 Å². The number of hydrogen-bond acceptors (Lipinski definition) is 2. The molecule has 1 heterocycles. The molecule has 2 rings (SSSR count). The van der Waals surface area contributed by atoms with Gasteiger partial charge in [0.15, 0.2) is 0 Å². The van der Waals surface area contributed by atoms with Crippen molar-refractivity contribution in [3.8, 4) is 0 Å². The molecule has 1 saturated carbocycles. The summed E-state index contributed by atoms with van der Waals surface area (Å²) in [7, 11) is 0. The smallest absolute Gasteiger partial charge is 0.226 e. The molecule has 2 fully saturated rings. The zero-order valence-electron chi connectivity index (χ0n) is 12.8. The summed E-state index contributed by atoms with van der Waals surface area (Å²) in [4.78, 5) is 12.7. The summed E-state index contributed by atoms with van der Waals surface area (Å²) in [6.07, 6.45) is 7.67. The average Bonchev–Trinajstić information content (AvgIpc) is 2.70. The topological polar surface area (TPSA) is 41.1 Å². The average molecular weight is 266 g/mol. The standard InChI is InChI=1S/C16H30N2O/c1-4-6-16(8-10-17-11-9-16)14(19)18-13-5-7-15(2,3)12-13/h13,17H,4-12H2,1-3H3,(H,18,19). The third-order valence-corrected chi connectivity index (χ3v) is 5.07. The minimum Gasteiger partial charge on any atom is -0.353 e. The first-order chi connectivity index (χ1) is 8.97. The van der Waals surface area contributed by atoms with E-state index >= 15 is 0 Å². The van der Waals surface area contributed by atoms with Crippen molar-refractivity contribution >= 4 is 5.91 Å². The monoisotopic (exact) mass is 266 g/mol. The van der Waals surface area contributed by atoms with Crippen molar-refractivity contribution in [1.29, 1.82) is 0 Å². The number of hydrogen-bond donors (Lipinski definition) is 2. The first-order valence-electron chi connectivity index (χ1n) is 7.99. The van der Waals surface area contributed by atoms with Gasteiger partial charge in [0.1, 0.15) is 0 Å². The maximum Gasteiger partial charge on any atom is 0.226 e. The van der Waals surface area contributed by atoms with Crippen LogP contribution >= 0.6 is 0 Å². The second kappa shape index (κ2) is 5.82. The molecule has 0 radical (unpaired) electrons. The maximum atomic E-state index is 12.7. The van der Waals surface area contributed by atoms with Gasteiger partial charge >= 0.3 is 0 Å². The summed E-state index contributed by atoms with van der Waals surface area (Å²) < 4.78 is 0. The van der Waals surface area contributed by atoms with Gasteiger partial charge in [0.2, 0.25) is 5.91 Å². The Morgan fingerprint density at radius 1 is 1.26 bits per heavy atom. The van der Waals surface area contributed by atoms with E-state index in [2.05, 4.69) is 31.4 Å². The van der Waals surface area contributed by atoms with E-state index in [0.29, 0.717) is 17.4 Å². The van der Waals surface area contributed by atoms with E-state index in [0.717, 1.165) is 51.6 Å². The fourth-order valence-electron chi connectivity index (χ4n) is 3.87. The maximum absolute atomic E-state index is 12.7. The third kappa shape index (κ3) is 3.50. The Balaban J connectivity index is 1.96. The van der Waals surface area contributed by atoms with E-state index < -0.39 is 0 Å². The second-order valence-electron chi connectivity index (χ2n) is 7.36. The zero-order valence-corrected chi connectivity index (χ0v) is 12.8. The molecule has 0 spiro atoms. The van der Waals surface area contributed by atoms with Crippen molar-refractivity contribution in [3.05, 3.63) is 0 Å². The van der Waals surface area contributed by atoms with Crippen LogP contribution in [0.5, 0.6) is 0 Å². The molecule has 1 atom stereocenters. The van der Waals surface area contributed by atoms with E-state index in [1.165, 1.54) is 6.42 Å². The lowest BCUT2D eigenvalue weighted by atomic mass is 9.74. The Labute approximate surface area is 117 Å². The van der Waals surface area contributed by atoms with Crippen LogP contribution in [0.15, 0.2) is 0 Å². The largest absolute Gasteiger partial charge is 0.353 e. The van der Waals surface area contributed by atoms with E-state index in [1.807, 2.05) is 0 Å². The van der Waals surface area contributed by atoms with Crippen molar-refractivity contribution in [2.24, 2.45) is 10.8 Å². The molecule has 2 N–H and O–H groups in total. The normalized spacial score (nSPS) is 29.1. The molecule has 3 nitrogen and oxygen atoms in total. The molecule has 1 amide bonds. The number of amides is 1. The van der Waals surface area contributed by atoms with Gasteiger partial charge in [-0.2, -0.15) is 0 Å². The number of rotatable bonds is 4. The van der Waals surface area contributed by atoms with Crippen LogP contribution in [0.1, 0.15) is 65.7 Å². The Kier molecular flexibility index (Phi) is 4.54. The van der Waals surface area contributed by atoms with Crippen LogP contribution in [0.4, 0.5) is 0 Å². The molecule has 110 valence electrons. The van der Waals surface area contributed by atoms with Crippen LogP contribution in [0.3, 0.4) is 0 Å². The Morgan fingerprint density at radius 2 is 1.95 bits per heavy atom. The summed E-state index contributed by atoms with van der Waals surface area (Å²) in [5, 5.41) is 6.74. The van der Waals surface area contributed by atoms with Gasteiger partial charge in [-0.25, -0.2) is 0 Å². The molecule has 0 bridgehead atoms. The van der Waals surface area contributed by atoms with Gasteiger partial charge < -0.3 is 10.6 Å². The minimum absolute atomic E-state index is 0.0905. The van der Waals surface area contributed by atoms with E-state index in [-0.39, 0.29) is 5.41 Å². The highest BCUT2D eigenvalue weighted by atomic mass is 16.2. The van der Waals surface area contributed by atoms with Crippen molar-refractivity contribution in [2.75, 3.05) is 13.1 Å². The van der Waals surface area contributed by atoms with Gasteiger partial charge in [0.25, 0.3) is 0 Å². The minimum atomic E-state index is -0.0905. The van der Waals surface area contributed by atoms with Crippen LogP contribution < -0.4 is 10.6 Å². The van der Waals surface area contributed by atoms with Crippen molar-refractivity contribution in [3.63, 3.8) is 0 Å². The molecule has 1 saturated heterocycles. The van der Waals surface area contributed by atoms with Crippen LogP contribution in [-0.2, 0) is 4.79 Å². The molecule has 3 heteroatoms.